The monoisotopic (exact) mass is 1230 g/mol. The lowest BCUT2D eigenvalue weighted by atomic mass is 9.99. The van der Waals surface area contributed by atoms with Crippen molar-refractivity contribution < 1.29 is 80.2 Å². The minimum Gasteiger partial charge on any atom is -0.462 e. The van der Waals surface area contributed by atoms with E-state index >= 15 is 0 Å². The third kappa shape index (κ3) is 57.6. The van der Waals surface area contributed by atoms with Gasteiger partial charge >= 0.3 is 39.5 Å². The zero-order chi connectivity index (χ0) is 61.5. The van der Waals surface area contributed by atoms with Gasteiger partial charge in [0.2, 0.25) is 0 Å². The van der Waals surface area contributed by atoms with Crippen LogP contribution in [-0.4, -0.2) is 96.7 Å². The molecule has 0 radical (unpaired) electrons. The van der Waals surface area contributed by atoms with Crippen molar-refractivity contribution in [2.75, 3.05) is 39.6 Å². The lowest BCUT2D eigenvalue weighted by Crippen LogP contribution is -2.30. The molecule has 0 aromatic carbocycles. The molecular formula is C64H124O17P2. The number of hydrogen-bond donors (Lipinski definition) is 3. The van der Waals surface area contributed by atoms with E-state index in [1.54, 1.807) is 0 Å². The molecule has 0 amide bonds. The zero-order valence-electron chi connectivity index (χ0n) is 53.5. The molecule has 17 nitrogen and oxygen atoms in total. The topological polar surface area (TPSA) is 237 Å². The second-order valence-corrected chi connectivity index (χ2v) is 26.8. The summed E-state index contributed by atoms with van der Waals surface area (Å²) in [5.41, 5.74) is 0. The van der Waals surface area contributed by atoms with Crippen LogP contribution in [0.15, 0.2) is 0 Å². The van der Waals surface area contributed by atoms with E-state index in [1.807, 2.05) is 0 Å². The molecule has 0 aliphatic rings. The number of phosphoric ester groups is 2. The first-order valence-corrected chi connectivity index (χ1v) is 36.5. The summed E-state index contributed by atoms with van der Waals surface area (Å²) < 4.78 is 67.7. The molecule has 492 valence electrons. The molecular weight excluding hydrogens is 1100 g/mol. The average molecular weight is 1230 g/mol. The highest BCUT2D eigenvalue weighted by atomic mass is 31.2. The fraction of sp³-hybridized carbons (Fsp3) is 0.938. The largest absolute Gasteiger partial charge is 0.472 e. The maximum atomic E-state index is 13.0. The quantitative estimate of drug-likeness (QED) is 0.0222. The Kier molecular flexibility index (Phi) is 55.2. The van der Waals surface area contributed by atoms with Crippen molar-refractivity contribution in [3.05, 3.63) is 0 Å². The van der Waals surface area contributed by atoms with Gasteiger partial charge in [0, 0.05) is 25.7 Å². The smallest absolute Gasteiger partial charge is 0.462 e. The Labute approximate surface area is 505 Å². The summed E-state index contributed by atoms with van der Waals surface area (Å²) in [6, 6.07) is 0. The number of esters is 4. The van der Waals surface area contributed by atoms with E-state index in [9.17, 15) is 43.2 Å². The molecule has 0 aliphatic heterocycles. The summed E-state index contributed by atoms with van der Waals surface area (Å²) in [5.74, 6) is -0.544. The van der Waals surface area contributed by atoms with E-state index in [1.165, 1.54) is 116 Å². The summed E-state index contributed by atoms with van der Waals surface area (Å²) >= 11 is 0. The van der Waals surface area contributed by atoms with E-state index < -0.39 is 97.5 Å². The van der Waals surface area contributed by atoms with Crippen molar-refractivity contribution in [2.24, 2.45) is 11.8 Å². The highest BCUT2D eigenvalue weighted by Crippen LogP contribution is 2.45. The third-order valence-corrected chi connectivity index (χ3v) is 17.0. The molecule has 19 heteroatoms. The van der Waals surface area contributed by atoms with Gasteiger partial charge in [-0.3, -0.25) is 37.3 Å². The molecule has 0 heterocycles. The molecule has 6 atom stereocenters. The van der Waals surface area contributed by atoms with Crippen LogP contribution in [-0.2, 0) is 65.4 Å². The van der Waals surface area contributed by atoms with E-state index in [2.05, 4.69) is 41.5 Å². The molecule has 0 saturated heterocycles. The summed E-state index contributed by atoms with van der Waals surface area (Å²) in [5, 5.41) is 10.5. The van der Waals surface area contributed by atoms with Gasteiger partial charge < -0.3 is 33.8 Å². The zero-order valence-corrected chi connectivity index (χ0v) is 55.3. The van der Waals surface area contributed by atoms with Gasteiger partial charge in [-0.25, -0.2) is 9.13 Å². The number of aliphatic hydroxyl groups excluding tert-OH is 1. The van der Waals surface area contributed by atoms with Crippen LogP contribution in [0.2, 0.25) is 0 Å². The number of hydrogen-bond acceptors (Lipinski definition) is 15. The normalized spacial score (nSPS) is 14.6. The fourth-order valence-electron chi connectivity index (χ4n) is 9.50. The Morgan fingerprint density at radius 1 is 0.349 bits per heavy atom. The van der Waals surface area contributed by atoms with Crippen LogP contribution in [0.1, 0.15) is 318 Å². The number of carbonyl (C=O) groups excluding carboxylic acids is 4. The summed E-state index contributed by atoms with van der Waals surface area (Å²) in [6.45, 7) is 9.41. The Morgan fingerprint density at radius 3 is 0.916 bits per heavy atom. The van der Waals surface area contributed by atoms with Crippen LogP contribution >= 0.6 is 15.6 Å². The standard InChI is InChI=1S/C64H124O17P2/c1-7-10-12-14-27-36-42-48-63(68)80-59(52-74-61(66)46-40-32-13-11-8-2)54-78-82(70,71)76-50-58(65)51-77-83(72,73)79-55-60(53-75-62(67)47-41-35-30-25-22-21-23-28-33-38-44-56(4)5)81-64(69)49-43-37-31-26-20-18-16-15-17-19-24-29-34-39-45-57(6)9-3/h56-60,65H,7-55H2,1-6H3,(H,70,71)(H,72,73)/t57?,58-,59+,60+/m0/s1. The van der Waals surface area contributed by atoms with Gasteiger partial charge in [-0.1, -0.05) is 266 Å². The first kappa shape index (κ1) is 81.1. The van der Waals surface area contributed by atoms with Crippen molar-refractivity contribution in [3.63, 3.8) is 0 Å². The highest BCUT2D eigenvalue weighted by Gasteiger charge is 2.30. The molecule has 0 rings (SSSR count). The predicted molar refractivity (Wildman–Crippen MR) is 331 cm³/mol. The van der Waals surface area contributed by atoms with Crippen molar-refractivity contribution in [2.45, 2.75) is 336 Å². The number of rotatable bonds is 63. The Balaban J connectivity index is 5.13. The Morgan fingerprint density at radius 2 is 0.614 bits per heavy atom. The lowest BCUT2D eigenvalue weighted by molar-refractivity contribution is -0.161. The number of unbranched alkanes of at least 4 members (excludes halogenated alkanes) is 32. The predicted octanol–water partition coefficient (Wildman–Crippen LogP) is 17.7. The van der Waals surface area contributed by atoms with Crippen LogP contribution in [0.4, 0.5) is 0 Å². The third-order valence-electron chi connectivity index (χ3n) is 15.1. The summed E-state index contributed by atoms with van der Waals surface area (Å²) in [6.07, 6.45) is 39.4. The maximum absolute atomic E-state index is 13.0. The molecule has 0 bridgehead atoms. The summed E-state index contributed by atoms with van der Waals surface area (Å²) in [4.78, 5) is 71.8. The summed E-state index contributed by atoms with van der Waals surface area (Å²) in [7, 11) is -9.87. The first-order valence-electron chi connectivity index (χ1n) is 33.5. The van der Waals surface area contributed by atoms with Crippen LogP contribution in [0.5, 0.6) is 0 Å². The molecule has 0 spiro atoms. The molecule has 3 N–H and O–H groups in total. The molecule has 83 heavy (non-hydrogen) atoms. The number of phosphoric acid groups is 2. The highest BCUT2D eigenvalue weighted by molar-refractivity contribution is 7.47. The molecule has 0 saturated carbocycles. The van der Waals surface area contributed by atoms with E-state index in [-0.39, 0.29) is 25.7 Å². The van der Waals surface area contributed by atoms with Gasteiger partial charge in [0.1, 0.15) is 19.3 Å². The van der Waals surface area contributed by atoms with Gasteiger partial charge in [-0.05, 0) is 37.5 Å². The lowest BCUT2D eigenvalue weighted by Gasteiger charge is -2.21. The Bertz CT molecular complexity index is 1630. The Hall–Kier alpha value is -1.94. The van der Waals surface area contributed by atoms with Crippen molar-refractivity contribution in [1.82, 2.24) is 0 Å². The van der Waals surface area contributed by atoms with E-state index in [0.717, 1.165) is 121 Å². The molecule has 0 aromatic rings. The minimum absolute atomic E-state index is 0.103. The maximum Gasteiger partial charge on any atom is 0.472 e. The van der Waals surface area contributed by atoms with Gasteiger partial charge in [-0.15, -0.1) is 0 Å². The second kappa shape index (κ2) is 56.6. The SMILES string of the molecule is CCCCCCCCCC(=O)O[C@H](COC(=O)CCCCCCC)COP(=O)(O)OC[C@H](O)COP(=O)(O)OC[C@@H](COC(=O)CCCCCCCCCCCCC(C)C)OC(=O)CCCCCCCCCCCCCCCCC(C)CC. The van der Waals surface area contributed by atoms with Crippen molar-refractivity contribution in [1.29, 1.82) is 0 Å². The minimum atomic E-state index is -4.94. The number of carbonyl (C=O) groups is 4. The molecule has 0 aromatic heterocycles. The van der Waals surface area contributed by atoms with Crippen LogP contribution in [0.25, 0.3) is 0 Å². The van der Waals surface area contributed by atoms with E-state index in [0.29, 0.717) is 25.7 Å². The number of ether oxygens (including phenoxy) is 4. The van der Waals surface area contributed by atoms with Crippen molar-refractivity contribution in [3.8, 4) is 0 Å². The molecule has 0 aliphatic carbocycles. The number of aliphatic hydroxyl groups is 1. The van der Waals surface area contributed by atoms with Gasteiger partial charge in [0.25, 0.3) is 0 Å². The second-order valence-electron chi connectivity index (χ2n) is 23.9. The van der Waals surface area contributed by atoms with Gasteiger partial charge in [-0.2, -0.15) is 0 Å². The van der Waals surface area contributed by atoms with Crippen LogP contribution in [0, 0.1) is 11.8 Å². The molecule has 3 unspecified atom stereocenters. The van der Waals surface area contributed by atoms with Crippen LogP contribution < -0.4 is 0 Å². The first-order chi connectivity index (χ1) is 39.9. The van der Waals surface area contributed by atoms with Crippen molar-refractivity contribution >= 4 is 39.5 Å². The average Bonchev–Trinajstić information content (AvgIpc) is 3.46. The van der Waals surface area contributed by atoms with Crippen LogP contribution in [0.3, 0.4) is 0 Å². The molecule has 0 fully saturated rings. The fourth-order valence-corrected chi connectivity index (χ4v) is 11.1. The van der Waals surface area contributed by atoms with Gasteiger partial charge in [0.15, 0.2) is 12.2 Å². The van der Waals surface area contributed by atoms with Gasteiger partial charge in [0.05, 0.1) is 26.4 Å². The van der Waals surface area contributed by atoms with E-state index in [4.69, 9.17) is 37.0 Å².